The van der Waals surface area contributed by atoms with Crippen LogP contribution in [-0.2, 0) is 30.2 Å². The van der Waals surface area contributed by atoms with Gasteiger partial charge in [0.05, 0.1) is 6.42 Å². The molecule has 29 heavy (non-hydrogen) atoms. The number of benzene rings is 1. The Morgan fingerprint density at radius 2 is 1.76 bits per heavy atom. The number of carboxylic acid groups (broad SMARTS) is 1. The molecule has 1 unspecified atom stereocenters. The van der Waals surface area contributed by atoms with Crippen molar-refractivity contribution in [2.45, 2.75) is 43.4 Å². The summed E-state index contributed by atoms with van der Waals surface area (Å²) < 4.78 is 18.6. The molecule has 3 N–H and O–H groups in total. The summed E-state index contributed by atoms with van der Waals surface area (Å²) in [7, 11) is 0. The van der Waals surface area contributed by atoms with Gasteiger partial charge in [0.25, 0.3) is 0 Å². The smallest absolute Gasteiger partial charge is 0.408 e. The summed E-state index contributed by atoms with van der Waals surface area (Å²) in [6.07, 6.45) is -1.59. The fraction of sp³-hybridized carbons (Fsp3) is 0.474. The largest absolute Gasteiger partial charge is 0.481 e. The molecule has 0 aliphatic rings. The van der Waals surface area contributed by atoms with Crippen molar-refractivity contribution < 1.29 is 33.4 Å². The molecule has 0 aliphatic carbocycles. The predicted octanol–water partition coefficient (Wildman–Crippen LogP) is 2.37. The van der Waals surface area contributed by atoms with Crippen molar-refractivity contribution in [1.29, 1.82) is 0 Å². The molecule has 0 bridgehead atoms. The van der Waals surface area contributed by atoms with Crippen molar-refractivity contribution in [2.75, 3.05) is 6.67 Å². The van der Waals surface area contributed by atoms with Gasteiger partial charge in [-0.25, -0.2) is 9.18 Å². The quantitative estimate of drug-likeness (QED) is 0.303. The number of amides is 2. The number of halogens is 2. The zero-order valence-corrected chi connectivity index (χ0v) is 18.3. The number of rotatable bonds is 11. The highest BCUT2D eigenvalue weighted by atomic mass is 127. The van der Waals surface area contributed by atoms with Crippen LogP contribution in [0.4, 0.5) is 9.18 Å². The van der Waals surface area contributed by atoms with Crippen molar-refractivity contribution in [3.63, 3.8) is 0 Å². The van der Waals surface area contributed by atoms with Crippen LogP contribution in [0.15, 0.2) is 24.3 Å². The third-order valence-corrected chi connectivity index (χ3v) is 4.88. The number of aliphatic carboxylic acids is 1. The van der Waals surface area contributed by atoms with E-state index in [1.807, 2.05) is 24.3 Å². The van der Waals surface area contributed by atoms with Gasteiger partial charge in [-0.1, -0.05) is 60.7 Å². The Hall–Kier alpha value is -2.24. The third-order valence-electron chi connectivity index (χ3n) is 4.06. The van der Waals surface area contributed by atoms with Crippen LogP contribution >= 0.6 is 22.6 Å². The van der Waals surface area contributed by atoms with Gasteiger partial charge in [0, 0.05) is 4.43 Å². The molecule has 0 saturated carbocycles. The summed E-state index contributed by atoms with van der Waals surface area (Å²) >= 11 is 2.20. The van der Waals surface area contributed by atoms with E-state index in [0.29, 0.717) is 0 Å². The summed E-state index contributed by atoms with van der Waals surface area (Å²) in [6.45, 7) is 1.91. The van der Waals surface area contributed by atoms with Gasteiger partial charge >= 0.3 is 12.1 Å². The Balaban J connectivity index is 2.75. The Morgan fingerprint density at radius 3 is 2.28 bits per heavy atom. The molecule has 1 rings (SSSR count). The van der Waals surface area contributed by atoms with Gasteiger partial charge in [-0.15, -0.1) is 0 Å². The Kier molecular flexibility index (Phi) is 10.6. The summed E-state index contributed by atoms with van der Waals surface area (Å²) in [4.78, 5) is 47.0. The predicted molar refractivity (Wildman–Crippen MR) is 111 cm³/mol. The van der Waals surface area contributed by atoms with Gasteiger partial charge in [0.15, 0.2) is 5.78 Å². The van der Waals surface area contributed by atoms with Crippen molar-refractivity contribution >= 4 is 46.3 Å². The van der Waals surface area contributed by atoms with E-state index in [2.05, 4.69) is 33.2 Å². The SMILES string of the molecule is CC(C)[C@H](NC(=O)OCc1ccccc1CI)C(=O)NC(CC(=O)O)C(=O)CF. The molecule has 10 heteroatoms. The molecule has 0 heterocycles. The van der Waals surface area contributed by atoms with Gasteiger partial charge in [0.2, 0.25) is 5.91 Å². The molecule has 0 radical (unpaired) electrons. The van der Waals surface area contributed by atoms with E-state index in [9.17, 15) is 23.6 Å². The molecule has 0 aromatic heterocycles. The first-order valence-electron chi connectivity index (χ1n) is 8.86. The van der Waals surface area contributed by atoms with Crippen molar-refractivity contribution in [1.82, 2.24) is 10.6 Å². The second kappa shape index (κ2) is 12.3. The van der Waals surface area contributed by atoms with Crippen LogP contribution in [0.3, 0.4) is 0 Å². The first kappa shape index (κ1) is 24.8. The molecule has 0 saturated heterocycles. The maximum absolute atomic E-state index is 12.6. The Labute approximate surface area is 181 Å². The average molecular weight is 522 g/mol. The standard InChI is InChI=1S/C19H24FIN2O6/c1-11(2)17(18(27)22-14(7-16(25)26)15(24)8-20)23-19(28)29-10-13-6-4-3-5-12(13)9-21/h3-6,11,14,17H,7-10H2,1-2H3,(H,22,27)(H,23,28)(H,25,26)/t14?,17-/m0/s1. The van der Waals surface area contributed by atoms with Crippen molar-refractivity contribution in [3.05, 3.63) is 35.4 Å². The van der Waals surface area contributed by atoms with E-state index in [1.165, 1.54) is 0 Å². The molecule has 1 aromatic rings. The van der Waals surface area contributed by atoms with E-state index < -0.39 is 54.8 Å². The van der Waals surface area contributed by atoms with Crippen LogP contribution in [0, 0.1) is 5.92 Å². The third kappa shape index (κ3) is 8.34. The zero-order chi connectivity index (χ0) is 22.0. The van der Waals surface area contributed by atoms with Crippen LogP contribution in [0.25, 0.3) is 0 Å². The molecule has 160 valence electrons. The molecule has 0 spiro atoms. The number of nitrogens with one attached hydrogen (secondary N) is 2. The van der Waals surface area contributed by atoms with E-state index in [1.54, 1.807) is 13.8 Å². The normalized spacial score (nSPS) is 12.7. The van der Waals surface area contributed by atoms with Gasteiger partial charge in [-0.2, -0.15) is 0 Å². The average Bonchev–Trinajstić information content (AvgIpc) is 2.68. The molecule has 8 nitrogen and oxygen atoms in total. The number of alkyl carbamates (subject to hydrolysis) is 1. The number of ether oxygens (including phenoxy) is 1. The topological polar surface area (TPSA) is 122 Å². The fourth-order valence-electron chi connectivity index (χ4n) is 2.45. The number of alkyl halides is 2. The molecular weight excluding hydrogens is 498 g/mol. The van der Waals surface area contributed by atoms with Crippen molar-refractivity contribution in [2.24, 2.45) is 5.92 Å². The number of hydrogen-bond acceptors (Lipinski definition) is 5. The minimum absolute atomic E-state index is 0.0133. The van der Waals surface area contributed by atoms with Gasteiger partial charge in [-0.05, 0) is 17.0 Å². The second-order valence-corrected chi connectivity index (χ2v) is 7.37. The number of carbonyl (C=O) groups is 4. The summed E-state index contributed by atoms with van der Waals surface area (Å²) in [5.41, 5.74) is 1.85. The number of Topliss-reactive ketones (excluding diaryl/α,β-unsaturated/α-hetero) is 1. The number of carbonyl (C=O) groups excluding carboxylic acids is 3. The minimum atomic E-state index is -1.51. The van der Waals surface area contributed by atoms with Crippen LogP contribution in [-0.4, -0.2) is 47.6 Å². The van der Waals surface area contributed by atoms with Gasteiger partial charge in [-0.3, -0.25) is 14.4 Å². The lowest BCUT2D eigenvalue weighted by atomic mass is 10.0. The lowest BCUT2D eigenvalue weighted by Gasteiger charge is -2.24. The van der Waals surface area contributed by atoms with E-state index in [4.69, 9.17) is 9.84 Å². The van der Waals surface area contributed by atoms with Crippen LogP contribution in [0.2, 0.25) is 0 Å². The zero-order valence-electron chi connectivity index (χ0n) is 16.1. The lowest BCUT2D eigenvalue weighted by molar-refractivity contribution is -0.140. The van der Waals surface area contributed by atoms with Gasteiger partial charge < -0.3 is 20.5 Å². The van der Waals surface area contributed by atoms with Crippen LogP contribution in [0.5, 0.6) is 0 Å². The molecule has 0 fully saturated rings. The molecule has 1 aromatic carbocycles. The van der Waals surface area contributed by atoms with E-state index in [0.717, 1.165) is 15.6 Å². The first-order valence-corrected chi connectivity index (χ1v) is 10.4. The summed E-state index contributed by atoms with van der Waals surface area (Å²) in [5, 5.41) is 13.4. The highest BCUT2D eigenvalue weighted by Gasteiger charge is 2.30. The van der Waals surface area contributed by atoms with Crippen LogP contribution in [0.1, 0.15) is 31.4 Å². The summed E-state index contributed by atoms with van der Waals surface area (Å²) in [6, 6.07) is 4.83. The number of carboxylic acids is 1. The van der Waals surface area contributed by atoms with E-state index >= 15 is 0 Å². The second-order valence-electron chi connectivity index (χ2n) is 6.60. The van der Waals surface area contributed by atoms with Crippen LogP contribution < -0.4 is 10.6 Å². The molecule has 2 atom stereocenters. The number of ketones is 1. The number of hydrogen-bond donors (Lipinski definition) is 3. The van der Waals surface area contributed by atoms with Gasteiger partial charge in [0.1, 0.15) is 25.4 Å². The highest BCUT2D eigenvalue weighted by Crippen LogP contribution is 2.14. The maximum atomic E-state index is 12.6. The monoisotopic (exact) mass is 522 g/mol. The van der Waals surface area contributed by atoms with E-state index in [-0.39, 0.29) is 6.61 Å². The van der Waals surface area contributed by atoms with Crippen molar-refractivity contribution in [3.8, 4) is 0 Å². The first-order chi connectivity index (χ1) is 13.7. The Morgan fingerprint density at radius 1 is 1.14 bits per heavy atom. The summed E-state index contributed by atoms with van der Waals surface area (Å²) in [5.74, 6) is -3.60. The Bertz CT molecular complexity index is 743. The lowest BCUT2D eigenvalue weighted by Crippen LogP contribution is -2.54. The fourth-order valence-corrected chi connectivity index (χ4v) is 3.19. The molecular formula is C19H24FIN2O6. The highest BCUT2D eigenvalue weighted by molar-refractivity contribution is 14.1. The molecule has 0 aliphatic heterocycles. The maximum Gasteiger partial charge on any atom is 0.408 e. The molecule has 2 amide bonds. The minimum Gasteiger partial charge on any atom is -0.481 e.